The minimum absolute atomic E-state index is 0.236. The van der Waals surface area contributed by atoms with Crippen molar-refractivity contribution in [3.63, 3.8) is 0 Å². The number of phenolic OH excluding ortho intramolecular Hbond substituents is 1. The van der Waals surface area contributed by atoms with Crippen molar-refractivity contribution < 1.29 is 5.11 Å². The molecule has 3 nitrogen and oxygen atoms in total. The zero-order valence-corrected chi connectivity index (χ0v) is 9.92. The van der Waals surface area contributed by atoms with E-state index < -0.39 is 0 Å². The van der Waals surface area contributed by atoms with Crippen LogP contribution in [-0.4, -0.2) is 16.3 Å². The van der Waals surface area contributed by atoms with E-state index in [-0.39, 0.29) is 5.75 Å². The van der Waals surface area contributed by atoms with E-state index in [2.05, 4.69) is 25.9 Å². The second kappa shape index (κ2) is 4.90. The van der Waals surface area contributed by atoms with Crippen molar-refractivity contribution in [3.05, 3.63) is 52.8 Å². The summed E-state index contributed by atoms with van der Waals surface area (Å²) in [6.07, 6.45) is 1.68. The number of halogens is 1. The van der Waals surface area contributed by atoms with Crippen molar-refractivity contribution in [2.75, 3.05) is 0 Å². The van der Waals surface area contributed by atoms with E-state index in [0.29, 0.717) is 0 Å². The first-order valence-corrected chi connectivity index (χ1v) is 5.49. The third-order valence-electron chi connectivity index (χ3n) is 1.93. The minimum atomic E-state index is 0.236. The molecule has 2 rings (SSSR count). The predicted molar refractivity (Wildman–Crippen MR) is 67.3 cm³/mol. The predicted octanol–water partition coefficient (Wildman–Crippen LogP) is 3.30. The van der Waals surface area contributed by atoms with Gasteiger partial charge in [0.15, 0.2) is 0 Å². The number of hydrogen-bond acceptors (Lipinski definition) is 3. The number of phenols is 1. The highest BCUT2D eigenvalue weighted by Crippen LogP contribution is 2.16. The second-order valence-corrected chi connectivity index (χ2v) is 3.97. The molecule has 1 heterocycles. The normalized spacial score (nSPS) is 10.8. The van der Waals surface area contributed by atoms with E-state index in [9.17, 15) is 0 Å². The van der Waals surface area contributed by atoms with Crippen molar-refractivity contribution >= 4 is 27.8 Å². The highest BCUT2D eigenvalue weighted by molar-refractivity contribution is 9.10. The Labute approximate surface area is 102 Å². The third kappa shape index (κ3) is 2.90. The van der Waals surface area contributed by atoms with Crippen LogP contribution in [0.5, 0.6) is 5.75 Å². The standard InChI is InChI=1S/C12H9BrN2O/c13-12-3-1-2-10(15-12)8-14-9-4-6-11(16)7-5-9/h1-8,16H. The fourth-order valence-electron chi connectivity index (χ4n) is 1.18. The van der Waals surface area contributed by atoms with E-state index >= 15 is 0 Å². The number of aliphatic imine (C=N–C) groups is 1. The Balaban J connectivity index is 2.18. The van der Waals surface area contributed by atoms with E-state index in [1.807, 2.05) is 18.2 Å². The first-order chi connectivity index (χ1) is 7.74. The molecule has 16 heavy (non-hydrogen) atoms. The maximum absolute atomic E-state index is 9.11. The van der Waals surface area contributed by atoms with Gasteiger partial charge in [-0.1, -0.05) is 6.07 Å². The summed E-state index contributed by atoms with van der Waals surface area (Å²) >= 11 is 3.29. The van der Waals surface area contributed by atoms with Crippen LogP contribution in [0.25, 0.3) is 0 Å². The van der Waals surface area contributed by atoms with Gasteiger partial charge >= 0.3 is 0 Å². The number of nitrogens with zero attached hydrogens (tertiary/aromatic N) is 2. The zero-order valence-electron chi connectivity index (χ0n) is 8.34. The molecule has 0 bridgehead atoms. The molecule has 2 aromatic rings. The van der Waals surface area contributed by atoms with Crippen molar-refractivity contribution in [1.82, 2.24) is 4.98 Å². The molecular formula is C12H9BrN2O. The molecule has 0 aliphatic rings. The molecule has 1 aromatic carbocycles. The molecule has 0 saturated carbocycles. The fraction of sp³-hybridized carbons (Fsp3) is 0. The number of aromatic nitrogens is 1. The largest absolute Gasteiger partial charge is 0.508 e. The third-order valence-corrected chi connectivity index (χ3v) is 2.37. The molecule has 1 N–H and O–H groups in total. The van der Waals surface area contributed by atoms with Crippen molar-refractivity contribution in [1.29, 1.82) is 0 Å². The van der Waals surface area contributed by atoms with Gasteiger partial charge in [0.25, 0.3) is 0 Å². The van der Waals surface area contributed by atoms with Gasteiger partial charge in [0.2, 0.25) is 0 Å². The van der Waals surface area contributed by atoms with Crippen LogP contribution < -0.4 is 0 Å². The van der Waals surface area contributed by atoms with Crippen LogP contribution in [0.15, 0.2) is 52.1 Å². The zero-order chi connectivity index (χ0) is 11.4. The summed E-state index contributed by atoms with van der Waals surface area (Å²) in [5.74, 6) is 0.236. The lowest BCUT2D eigenvalue weighted by Crippen LogP contribution is -1.86. The first kappa shape index (κ1) is 10.8. The molecule has 0 amide bonds. The van der Waals surface area contributed by atoms with Gasteiger partial charge in [0, 0.05) is 0 Å². The Morgan fingerprint density at radius 3 is 2.56 bits per heavy atom. The van der Waals surface area contributed by atoms with Crippen LogP contribution in [0.1, 0.15) is 5.69 Å². The Morgan fingerprint density at radius 2 is 1.88 bits per heavy atom. The van der Waals surface area contributed by atoms with E-state index in [1.54, 1.807) is 30.5 Å². The highest BCUT2D eigenvalue weighted by Gasteiger charge is 1.92. The molecule has 4 heteroatoms. The summed E-state index contributed by atoms with van der Waals surface area (Å²) in [4.78, 5) is 8.46. The van der Waals surface area contributed by atoms with E-state index in [1.165, 1.54) is 0 Å². The molecule has 0 fully saturated rings. The van der Waals surface area contributed by atoms with Crippen LogP contribution in [0.3, 0.4) is 0 Å². The molecule has 0 saturated heterocycles. The van der Waals surface area contributed by atoms with Crippen LogP contribution >= 0.6 is 15.9 Å². The maximum Gasteiger partial charge on any atom is 0.115 e. The lowest BCUT2D eigenvalue weighted by Gasteiger charge is -1.95. The summed E-state index contributed by atoms with van der Waals surface area (Å²) in [6.45, 7) is 0. The molecule has 0 aliphatic carbocycles. The van der Waals surface area contributed by atoms with Crippen molar-refractivity contribution in [2.45, 2.75) is 0 Å². The molecule has 0 atom stereocenters. The smallest absolute Gasteiger partial charge is 0.115 e. The number of pyridine rings is 1. The molecular weight excluding hydrogens is 268 g/mol. The molecule has 0 radical (unpaired) electrons. The van der Waals surface area contributed by atoms with Gasteiger partial charge in [-0.15, -0.1) is 0 Å². The molecule has 80 valence electrons. The highest BCUT2D eigenvalue weighted by atomic mass is 79.9. The summed E-state index contributed by atoms with van der Waals surface area (Å²) in [6, 6.07) is 12.3. The van der Waals surface area contributed by atoms with Gasteiger partial charge in [-0.2, -0.15) is 0 Å². The molecule has 1 aromatic heterocycles. The monoisotopic (exact) mass is 276 g/mol. The second-order valence-electron chi connectivity index (χ2n) is 3.16. The quantitative estimate of drug-likeness (QED) is 0.676. The fourth-order valence-corrected chi connectivity index (χ4v) is 1.53. The van der Waals surface area contributed by atoms with Crippen LogP contribution in [0, 0.1) is 0 Å². The Bertz CT molecular complexity index is 509. The van der Waals surface area contributed by atoms with E-state index in [0.717, 1.165) is 16.0 Å². The Kier molecular flexibility index (Phi) is 3.31. The average molecular weight is 277 g/mol. The summed E-state index contributed by atoms with van der Waals surface area (Å²) in [7, 11) is 0. The van der Waals surface area contributed by atoms with Gasteiger partial charge < -0.3 is 5.11 Å². The summed E-state index contributed by atoms with van der Waals surface area (Å²) in [5.41, 5.74) is 1.56. The van der Waals surface area contributed by atoms with Crippen LogP contribution in [-0.2, 0) is 0 Å². The maximum atomic E-state index is 9.11. The van der Waals surface area contributed by atoms with Crippen molar-refractivity contribution in [2.24, 2.45) is 4.99 Å². The van der Waals surface area contributed by atoms with Gasteiger partial charge in [-0.25, -0.2) is 4.98 Å². The lowest BCUT2D eigenvalue weighted by atomic mass is 10.3. The lowest BCUT2D eigenvalue weighted by molar-refractivity contribution is 0.475. The number of rotatable bonds is 2. The number of benzene rings is 1. The van der Waals surface area contributed by atoms with Crippen LogP contribution in [0.2, 0.25) is 0 Å². The Morgan fingerprint density at radius 1 is 1.12 bits per heavy atom. The molecule has 0 aliphatic heterocycles. The van der Waals surface area contributed by atoms with E-state index in [4.69, 9.17) is 5.11 Å². The minimum Gasteiger partial charge on any atom is -0.508 e. The average Bonchev–Trinajstić information content (AvgIpc) is 2.28. The SMILES string of the molecule is Oc1ccc(N=Cc2cccc(Br)n2)cc1. The number of aromatic hydroxyl groups is 1. The van der Waals surface area contributed by atoms with Gasteiger partial charge in [-0.05, 0) is 52.3 Å². The van der Waals surface area contributed by atoms with Crippen LogP contribution in [0.4, 0.5) is 5.69 Å². The number of hydrogen-bond donors (Lipinski definition) is 1. The van der Waals surface area contributed by atoms with Gasteiger partial charge in [0.1, 0.15) is 10.4 Å². The molecule has 0 unspecified atom stereocenters. The topological polar surface area (TPSA) is 45.5 Å². The summed E-state index contributed by atoms with van der Waals surface area (Å²) in [5, 5.41) is 9.11. The Hall–Kier alpha value is -1.68. The van der Waals surface area contributed by atoms with Gasteiger partial charge in [-0.3, -0.25) is 4.99 Å². The molecule has 0 spiro atoms. The van der Waals surface area contributed by atoms with Gasteiger partial charge in [0.05, 0.1) is 17.6 Å². The van der Waals surface area contributed by atoms with Crippen molar-refractivity contribution in [3.8, 4) is 5.75 Å². The first-order valence-electron chi connectivity index (χ1n) is 4.70. The summed E-state index contributed by atoms with van der Waals surface area (Å²) < 4.78 is 0.780.